The minimum Gasteiger partial charge on any atom is -0.314 e. The summed E-state index contributed by atoms with van der Waals surface area (Å²) >= 11 is 0. The Bertz CT molecular complexity index is 612. The molecule has 2 aliphatic heterocycles. The lowest BCUT2D eigenvalue weighted by Gasteiger charge is -2.34. The van der Waals surface area contributed by atoms with Gasteiger partial charge >= 0.3 is 6.18 Å². The van der Waals surface area contributed by atoms with Crippen LogP contribution < -0.4 is 5.32 Å². The van der Waals surface area contributed by atoms with Crippen LogP contribution in [0.15, 0.2) is 29.2 Å². The Hall–Kier alpha value is -1.12. The van der Waals surface area contributed by atoms with Crippen LogP contribution in [0.4, 0.5) is 13.2 Å². The summed E-state index contributed by atoms with van der Waals surface area (Å²) in [6.07, 6.45) is -2.88. The van der Waals surface area contributed by atoms with Crippen molar-refractivity contribution < 1.29 is 21.6 Å². The highest BCUT2D eigenvalue weighted by Gasteiger charge is 2.44. The molecular weight excluding hydrogens is 305 g/mol. The molecule has 21 heavy (non-hydrogen) atoms. The zero-order valence-electron chi connectivity index (χ0n) is 11.1. The van der Waals surface area contributed by atoms with Gasteiger partial charge in [0.15, 0.2) is 0 Å². The van der Waals surface area contributed by atoms with Gasteiger partial charge in [0.25, 0.3) is 0 Å². The number of nitrogens with zero attached hydrogens (tertiary/aromatic N) is 1. The maximum absolute atomic E-state index is 12.6. The molecular formula is C13H15F3N2O2S. The quantitative estimate of drug-likeness (QED) is 0.904. The monoisotopic (exact) mass is 320 g/mol. The van der Waals surface area contributed by atoms with Crippen molar-refractivity contribution >= 4 is 10.0 Å². The molecule has 116 valence electrons. The van der Waals surface area contributed by atoms with E-state index in [1.807, 2.05) is 0 Å². The Morgan fingerprint density at radius 3 is 2.05 bits per heavy atom. The molecule has 2 saturated heterocycles. The molecule has 2 aliphatic rings. The second kappa shape index (κ2) is 4.96. The van der Waals surface area contributed by atoms with Gasteiger partial charge in [-0.1, -0.05) is 0 Å². The van der Waals surface area contributed by atoms with Crippen molar-refractivity contribution in [3.8, 4) is 0 Å². The minimum absolute atomic E-state index is 0.0747. The van der Waals surface area contributed by atoms with E-state index in [-0.39, 0.29) is 17.0 Å². The first kappa shape index (κ1) is 14.8. The number of hydrogen-bond acceptors (Lipinski definition) is 3. The Morgan fingerprint density at radius 1 is 1.05 bits per heavy atom. The van der Waals surface area contributed by atoms with E-state index >= 15 is 0 Å². The molecule has 0 radical (unpaired) electrons. The van der Waals surface area contributed by atoms with Crippen LogP contribution in [0.2, 0.25) is 0 Å². The highest BCUT2D eigenvalue weighted by molar-refractivity contribution is 7.89. The molecule has 0 aromatic heterocycles. The number of piperazine rings is 1. The van der Waals surface area contributed by atoms with Crippen molar-refractivity contribution in [3.05, 3.63) is 29.8 Å². The third-order valence-corrected chi connectivity index (χ3v) is 6.09. The Labute approximate surface area is 121 Å². The first-order valence-electron chi connectivity index (χ1n) is 6.71. The van der Waals surface area contributed by atoms with Gasteiger partial charge < -0.3 is 5.32 Å². The standard InChI is InChI=1S/C13H15F3N2O2S/c14-13(15,16)9-1-5-12(6-2-9)21(19,20)18-10-3-4-11(18)8-17-7-10/h1-2,5-6,10-11,17H,3-4,7-8H2. The van der Waals surface area contributed by atoms with Gasteiger partial charge in [0, 0.05) is 25.2 Å². The largest absolute Gasteiger partial charge is 0.416 e. The number of benzene rings is 1. The summed E-state index contributed by atoms with van der Waals surface area (Å²) in [5.74, 6) is 0. The fourth-order valence-corrected chi connectivity index (χ4v) is 4.94. The molecule has 1 N–H and O–H groups in total. The molecule has 2 fully saturated rings. The molecule has 1 aromatic carbocycles. The van der Waals surface area contributed by atoms with E-state index in [1.165, 1.54) is 4.31 Å². The number of fused-ring (bicyclic) bond motifs is 2. The van der Waals surface area contributed by atoms with E-state index in [9.17, 15) is 21.6 Å². The third-order valence-electron chi connectivity index (χ3n) is 4.07. The maximum Gasteiger partial charge on any atom is 0.416 e. The number of sulfonamides is 1. The summed E-state index contributed by atoms with van der Waals surface area (Å²) < 4.78 is 64.3. The van der Waals surface area contributed by atoms with E-state index in [0.717, 1.165) is 37.1 Å². The van der Waals surface area contributed by atoms with Gasteiger partial charge in [0.2, 0.25) is 10.0 Å². The van der Waals surface area contributed by atoms with E-state index in [2.05, 4.69) is 5.32 Å². The van der Waals surface area contributed by atoms with Crippen molar-refractivity contribution in [2.45, 2.75) is 36.0 Å². The van der Waals surface area contributed by atoms with Gasteiger partial charge in [0.1, 0.15) is 0 Å². The van der Waals surface area contributed by atoms with Gasteiger partial charge in [-0.3, -0.25) is 0 Å². The zero-order chi connectivity index (χ0) is 15.3. The second-order valence-corrected chi connectivity index (χ2v) is 7.24. The van der Waals surface area contributed by atoms with Gasteiger partial charge in [-0.2, -0.15) is 17.5 Å². The fraction of sp³-hybridized carbons (Fsp3) is 0.538. The molecule has 3 rings (SSSR count). The molecule has 4 nitrogen and oxygen atoms in total. The highest BCUT2D eigenvalue weighted by atomic mass is 32.2. The fourth-order valence-electron chi connectivity index (χ4n) is 3.07. The Balaban J connectivity index is 1.92. The number of nitrogens with one attached hydrogen (secondary N) is 1. The molecule has 0 aliphatic carbocycles. The van der Waals surface area contributed by atoms with Crippen LogP contribution in [0.25, 0.3) is 0 Å². The summed E-state index contributed by atoms with van der Waals surface area (Å²) in [6.45, 7) is 1.19. The predicted octanol–water partition coefficient (Wildman–Crippen LogP) is 1.83. The first-order valence-corrected chi connectivity index (χ1v) is 8.15. The lowest BCUT2D eigenvalue weighted by Crippen LogP contribution is -2.53. The van der Waals surface area contributed by atoms with E-state index < -0.39 is 21.8 Å². The van der Waals surface area contributed by atoms with Crippen LogP contribution in [0.3, 0.4) is 0 Å². The van der Waals surface area contributed by atoms with Crippen molar-refractivity contribution in [1.29, 1.82) is 0 Å². The van der Waals surface area contributed by atoms with Crippen LogP contribution >= 0.6 is 0 Å². The van der Waals surface area contributed by atoms with Crippen molar-refractivity contribution in [1.82, 2.24) is 9.62 Å². The Kier molecular flexibility index (Phi) is 3.50. The molecule has 0 spiro atoms. The zero-order valence-corrected chi connectivity index (χ0v) is 11.9. The lowest BCUT2D eigenvalue weighted by atomic mass is 10.2. The Morgan fingerprint density at radius 2 is 1.57 bits per heavy atom. The van der Waals surface area contributed by atoms with Crippen LogP contribution in [0.5, 0.6) is 0 Å². The molecule has 8 heteroatoms. The van der Waals surface area contributed by atoms with Crippen LogP contribution in [0, 0.1) is 0 Å². The molecule has 2 bridgehead atoms. The number of rotatable bonds is 2. The number of hydrogen-bond donors (Lipinski definition) is 1. The van der Waals surface area contributed by atoms with Gasteiger partial charge in [-0.25, -0.2) is 8.42 Å². The molecule has 0 saturated carbocycles. The molecule has 0 amide bonds. The van der Waals surface area contributed by atoms with Gasteiger partial charge in [0.05, 0.1) is 10.5 Å². The van der Waals surface area contributed by atoms with E-state index in [4.69, 9.17) is 0 Å². The smallest absolute Gasteiger partial charge is 0.314 e. The molecule has 2 unspecified atom stereocenters. The molecule has 2 heterocycles. The minimum atomic E-state index is -4.46. The highest BCUT2D eigenvalue weighted by Crippen LogP contribution is 2.34. The maximum atomic E-state index is 12.6. The lowest BCUT2D eigenvalue weighted by molar-refractivity contribution is -0.137. The van der Waals surface area contributed by atoms with Crippen LogP contribution in [-0.4, -0.2) is 37.9 Å². The van der Waals surface area contributed by atoms with Crippen LogP contribution in [0.1, 0.15) is 18.4 Å². The average molecular weight is 320 g/mol. The SMILES string of the molecule is O=S(=O)(c1ccc(C(F)(F)F)cc1)N1C2CCC1CNC2. The number of halogens is 3. The summed E-state index contributed by atoms with van der Waals surface area (Å²) in [6, 6.07) is 3.51. The molecule has 1 aromatic rings. The molecule has 2 atom stereocenters. The summed E-state index contributed by atoms with van der Waals surface area (Å²) in [4.78, 5) is -0.0747. The van der Waals surface area contributed by atoms with Crippen molar-refractivity contribution in [3.63, 3.8) is 0 Å². The first-order chi connectivity index (χ1) is 9.80. The summed E-state index contributed by atoms with van der Waals surface area (Å²) in [5, 5.41) is 3.17. The topological polar surface area (TPSA) is 49.4 Å². The summed E-state index contributed by atoms with van der Waals surface area (Å²) in [7, 11) is -3.73. The van der Waals surface area contributed by atoms with Crippen LogP contribution in [-0.2, 0) is 16.2 Å². The van der Waals surface area contributed by atoms with E-state index in [1.54, 1.807) is 0 Å². The number of alkyl halides is 3. The van der Waals surface area contributed by atoms with Crippen molar-refractivity contribution in [2.24, 2.45) is 0 Å². The summed E-state index contributed by atoms with van der Waals surface area (Å²) in [5.41, 5.74) is -0.843. The van der Waals surface area contributed by atoms with Crippen molar-refractivity contribution in [2.75, 3.05) is 13.1 Å². The second-order valence-electron chi connectivity index (χ2n) is 5.40. The third kappa shape index (κ3) is 2.56. The van der Waals surface area contributed by atoms with Gasteiger partial charge in [-0.15, -0.1) is 0 Å². The van der Waals surface area contributed by atoms with Gasteiger partial charge in [-0.05, 0) is 37.1 Å². The predicted molar refractivity (Wildman–Crippen MR) is 70.1 cm³/mol. The average Bonchev–Trinajstić information content (AvgIpc) is 2.69. The van der Waals surface area contributed by atoms with E-state index in [0.29, 0.717) is 13.1 Å². The normalized spacial score (nSPS) is 27.0.